The smallest absolute Gasteiger partial charge is 0.406 e. The zero-order valence-electron chi connectivity index (χ0n) is 10.6. The van der Waals surface area contributed by atoms with Crippen LogP contribution in [0.2, 0.25) is 0 Å². The first kappa shape index (κ1) is 15.6. The first-order valence-electron chi connectivity index (χ1n) is 5.97. The molecule has 108 valence electrons. The Morgan fingerprint density at radius 3 is 2.68 bits per heavy atom. The number of hydrogen-bond acceptors (Lipinski definition) is 3. The molecule has 0 spiro atoms. The van der Waals surface area contributed by atoms with Crippen LogP contribution in [0.15, 0.2) is 22.8 Å². The van der Waals surface area contributed by atoms with Gasteiger partial charge in [-0.15, -0.1) is 0 Å². The standard InChI is InChI=1S/C12H17F3N2O2/c1-2-4-10(16)11(18)17(8-12(13,14)15)7-9-5-3-6-19-9/h3,5-6,10H,2,4,7-8,16H2,1H3. The number of amides is 1. The maximum Gasteiger partial charge on any atom is 0.406 e. The van der Waals surface area contributed by atoms with Crippen LogP contribution in [0.5, 0.6) is 0 Å². The van der Waals surface area contributed by atoms with E-state index in [-0.39, 0.29) is 6.54 Å². The van der Waals surface area contributed by atoms with Crippen molar-refractivity contribution in [1.82, 2.24) is 4.90 Å². The summed E-state index contributed by atoms with van der Waals surface area (Å²) in [5, 5.41) is 0. The molecule has 1 atom stereocenters. The van der Waals surface area contributed by atoms with E-state index in [1.165, 1.54) is 12.3 Å². The Kier molecular flexibility index (Phi) is 5.41. The van der Waals surface area contributed by atoms with Crippen molar-refractivity contribution in [2.75, 3.05) is 6.54 Å². The number of hydrogen-bond donors (Lipinski definition) is 1. The molecule has 0 bridgehead atoms. The van der Waals surface area contributed by atoms with E-state index in [1.54, 1.807) is 6.07 Å². The average molecular weight is 278 g/mol. The summed E-state index contributed by atoms with van der Waals surface area (Å²) in [6.07, 6.45) is -2.13. The summed E-state index contributed by atoms with van der Waals surface area (Å²) in [4.78, 5) is 12.6. The maximum absolute atomic E-state index is 12.5. The third-order valence-corrected chi connectivity index (χ3v) is 2.53. The van der Waals surface area contributed by atoms with Gasteiger partial charge in [-0.3, -0.25) is 4.79 Å². The van der Waals surface area contributed by atoms with Crippen LogP contribution in [0, 0.1) is 0 Å². The van der Waals surface area contributed by atoms with Crippen LogP contribution >= 0.6 is 0 Å². The van der Waals surface area contributed by atoms with Gasteiger partial charge in [0.2, 0.25) is 5.91 Å². The zero-order chi connectivity index (χ0) is 14.5. The van der Waals surface area contributed by atoms with Crippen molar-refractivity contribution in [2.24, 2.45) is 5.73 Å². The van der Waals surface area contributed by atoms with Gasteiger partial charge in [-0.1, -0.05) is 13.3 Å². The summed E-state index contributed by atoms with van der Waals surface area (Å²) in [5.41, 5.74) is 5.59. The average Bonchev–Trinajstić information content (AvgIpc) is 2.78. The third-order valence-electron chi connectivity index (χ3n) is 2.53. The number of rotatable bonds is 6. The normalized spacial score (nSPS) is 13.3. The Labute approximate surface area is 109 Å². The van der Waals surface area contributed by atoms with Gasteiger partial charge in [0, 0.05) is 0 Å². The van der Waals surface area contributed by atoms with Crippen molar-refractivity contribution < 1.29 is 22.4 Å². The lowest BCUT2D eigenvalue weighted by Gasteiger charge is -2.25. The fraction of sp³-hybridized carbons (Fsp3) is 0.583. The SMILES string of the molecule is CCCC(N)C(=O)N(Cc1ccco1)CC(F)(F)F. The lowest BCUT2D eigenvalue weighted by Crippen LogP contribution is -2.46. The molecule has 1 heterocycles. The van der Waals surface area contributed by atoms with Crippen LogP contribution in [0.4, 0.5) is 13.2 Å². The van der Waals surface area contributed by atoms with Crippen molar-refractivity contribution in [2.45, 2.75) is 38.5 Å². The van der Waals surface area contributed by atoms with E-state index in [0.717, 1.165) is 0 Å². The second-order valence-electron chi connectivity index (χ2n) is 4.28. The summed E-state index contributed by atoms with van der Waals surface area (Å²) in [5.74, 6) is -0.420. The first-order chi connectivity index (χ1) is 8.83. The molecule has 19 heavy (non-hydrogen) atoms. The van der Waals surface area contributed by atoms with Crippen LogP contribution in [0.1, 0.15) is 25.5 Å². The monoisotopic (exact) mass is 278 g/mol. The van der Waals surface area contributed by atoms with Crippen molar-refractivity contribution in [3.05, 3.63) is 24.2 Å². The zero-order valence-corrected chi connectivity index (χ0v) is 10.6. The highest BCUT2D eigenvalue weighted by Crippen LogP contribution is 2.19. The highest BCUT2D eigenvalue weighted by atomic mass is 19.4. The van der Waals surface area contributed by atoms with E-state index in [2.05, 4.69) is 0 Å². The minimum atomic E-state index is -4.46. The van der Waals surface area contributed by atoms with Crippen LogP contribution in [0.25, 0.3) is 0 Å². The van der Waals surface area contributed by atoms with Gasteiger partial charge >= 0.3 is 6.18 Å². The van der Waals surface area contributed by atoms with Gasteiger partial charge in [0.1, 0.15) is 12.3 Å². The van der Waals surface area contributed by atoms with E-state index in [4.69, 9.17) is 10.2 Å². The minimum absolute atomic E-state index is 0.233. The molecule has 0 aliphatic rings. The molecule has 0 fully saturated rings. The lowest BCUT2D eigenvalue weighted by atomic mass is 10.1. The van der Waals surface area contributed by atoms with Crippen molar-refractivity contribution in [1.29, 1.82) is 0 Å². The summed E-state index contributed by atoms with van der Waals surface area (Å²) in [6, 6.07) is 2.15. The van der Waals surface area contributed by atoms with Crippen molar-refractivity contribution in [3.63, 3.8) is 0 Å². The number of halogens is 3. The predicted molar refractivity (Wildman–Crippen MR) is 63.1 cm³/mol. The fourth-order valence-corrected chi connectivity index (χ4v) is 1.69. The molecule has 0 aliphatic heterocycles. The van der Waals surface area contributed by atoms with Crippen molar-refractivity contribution >= 4 is 5.91 Å². The number of carbonyl (C=O) groups is 1. The van der Waals surface area contributed by atoms with E-state index in [9.17, 15) is 18.0 Å². The topological polar surface area (TPSA) is 59.5 Å². The Bertz CT molecular complexity index is 390. The van der Waals surface area contributed by atoms with E-state index in [1.807, 2.05) is 6.92 Å². The van der Waals surface area contributed by atoms with Crippen molar-refractivity contribution in [3.8, 4) is 0 Å². The summed E-state index contributed by atoms with van der Waals surface area (Å²) < 4.78 is 42.4. The van der Waals surface area contributed by atoms with Gasteiger partial charge in [-0.25, -0.2) is 0 Å². The third kappa shape index (κ3) is 5.34. The molecule has 0 saturated carbocycles. The fourth-order valence-electron chi connectivity index (χ4n) is 1.69. The van der Waals surface area contributed by atoms with Crippen LogP contribution in [-0.4, -0.2) is 29.6 Å². The quantitative estimate of drug-likeness (QED) is 0.868. The molecule has 0 aromatic carbocycles. The summed E-state index contributed by atoms with van der Waals surface area (Å²) >= 11 is 0. The highest BCUT2D eigenvalue weighted by molar-refractivity contribution is 5.81. The largest absolute Gasteiger partial charge is 0.467 e. The molecule has 1 aromatic rings. The van der Waals surface area contributed by atoms with Crippen LogP contribution in [0.3, 0.4) is 0 Å². The molecule has 1 rings (SSSR count). The number of carbonyl (C=O) groups excluding carboxylic acids is 1. The van der Waals surface area contributed by atoms with Gasteiger partial charge in [-0.2, -0.15) is 13.2 Å². The molecular formula is C12H17F3N2O2. The highest BCUT2D eigenvalue weighted by Gasteiger charge is 2.34. The predicted octanol–water partition coefficient (Wildman–Crippen LogP) is 2.30. The molecule has 4 nitrogen and oxygen atoms in total. The van der Waals surface area contributed by atoms with Crippen LogP contribution in [-0.2, 0) is 11.3 Å². The number of nitrogens with two attached hydrogens (primary N) is 1. The van der Waals surface area contributed by atoms with Gasteiger partial charge < -0.3 is 15.1 Å². The summed E-state index contributed by atoms with van der Waals surface area (Å²) in [7, 11) is 0. The molecule has 0 aliphatic carbocycles. The molecule has 1 unspecified atom stereocenters. The van der Waals surface area contributed by atoms with Gasteiger partial charge in [0.15, 0.2) is 0 Å². The second kappa shape index (κ2) is 6.60. The Morgan fingerprint density at radius 1 is 1.53 bits per heavy atom. The van der Waals surface area contributed by atoms with Crippen LogP contribution < -0.4 is 5.73 Å². The Morgan fingerprint density at radius 2 is 2.21 bits per heavy atom. The number of alkyl halides is 3. The number of nitrogens with zero attached hydrogens (tertiary/aromatic N) is 1. The second-order valence-corrected chi connectivity index (χ2v) is 4.28. The maximum atomic E-state index is 12.5. The molecule has 1 amide bonds. The van der Waals surface area contributed by atoms with Gasteiger partial charge in [-0.05, 0) is 18.6 Å². The Balaban J connectivity index is 2.76. The summed E-state index contributed by atoms with van der Waals surface area (Å²) in [6.45, 7) is 0.250. The molecular weight excluding hydrogens is 261 g/mol. The molecule has 1 aromatic heterocycles. The van der Waals surface area contributed by atoms with E-state index < -0.39 is 24.7 Å². The lowest BCUT2D eigenvalue weighted by molar-refractivity contribution is -0.163. The first-order valence-corrected chi connectivity index (χ1v) is 5.97. The molecule has 0 saturated heterocycles. The van der Waals surface area contributed by atoms with E-state index >= 15 is 0 Å². The molecule has 7 heteroatoms. The molecule has 0 radical (unpaired) electrons. The minimum Gasteiger partial charge on any atom is -0.467 e. The Hall–Kier alpha value is -1.50. The van der Waals surface area contributed by atoms with Gasteiger partial charge in [0.05, 0.1) is 18.8 Å². The van der Waals surface area contributed by atoms with Gasteiger partial charge in [0.25, 0.3) is 0 Å². The van der Waals surface area contributed by atoms with E-state index in [0.29, 0.717) is 23.5 Å². The number of furan rings is 1. The molecule has 2 N–H and O–H groups in total.